The lowest BCUT2D eigenvalue weighted by Crippen LogP contribution is -2.60. The number of ether oxygens (including phenoxy) is 3. The van der Waals surface area contributed by atoms with Crippen molar-refractivity contribution in [3.05, 3.63) is 61.2 Å². The molecular formula is C37H52BrN3O8. The van der Waals surface area contributed by atoms with E-state index in [1.807, 2.05) is 45.9 Å². The summed E-state index contributed by atoms with van der Waals surface area (Å²) in [4.78, 5) is 59.6. The lowest BCUT2D eigenvalue weighted by atomic mass is 9.70. The molecular weight excluding hydrogens is 694 g/mol. The zero-order chi connectivity index (χ0) is 36.0. The van der Waals surface area contributed by atoms with Crippen LogP contribution in [0, 0.1) is 17.8 Å². The summed E-state index contributed by atoms with van der Waals surface area (Å²) < 4.78 is 18.5. The van der Waals surface area contributed by atoms with Crippen molar-refractivity contribution in [3.8, 4) is 0 Å². The number of rotatable bonds is 18. The number of fused-ring (bicyclic) bond motifs is 1. The third-order valence-electron chi connectivity index (χ3n) is 10.3. The first kappa shape index (κ1) is 38.7. The highest BCUT2D eigenvalue weighted by atomic mass is 79.9. The Morgan fingerprint density at radius 2 is 1.90 bits per heavy atom. The largest absolute Gasteiger partial charge is 0.455 e. The van der Waals surface area contributed by atoms with Crippen LogP contribution in [0.4, 0.5) is 0 Å². The van der Waals surface area contributed by atoms with E-state index in [1.54, 1.807) is 29.2 Å². The van der Waals surface area contributed by atoms with Gasteiger partial charge in [0, 0.05) is 30.9 Å². The van der Waals surface area contributed by atoms with E-state index in [1.165, 1.54) is 12.0 Å². The summed E-state index contributed by atoms with van der Waals surface area (Å²) in [6.45, 7) is 15.2. The molecule has 3 saturated heterocycles. The number of allylic oxidation sites excluding steroid dienone is 1. The maximum atomic E-state index is 14.8. The van der Waals surface area contributed by atoms with Gasteiger partial charge in [-0.2, -0.15) is 0 Å². The van der Waals surface area contributed by atoms with E-state index >= 15 is 0 Å². The number of amides is 3. The quantitative estimate of drug-likeness (QED) is 0.131. The predicted octanol–water partition coefficient (Wildman–Crippen LogP) is 3.95. The number of benzene rings is 1. The van der Waals surface area contributed by atoms with E-state index in [0.717, 1.165) is 0 Å². The average molecular weight is 747 g/mol. The van der Waals surface area contributed by atoms with E-state index < -0.39 is 59.6 Å². The van der Waals surface area contributed by atoms with Gasteiger partial charge in [-0.1, -0.05) is 78.7 Å². The van der Waals surface area contributed by atoms with Crippen molar-refractivity contribution in [3.63, 3.8) is 0 Å². The Morgan fingerprint density at radius 1 is 1.20 bits per heavy atom. The minimum absolute atomic E-state index is 0.0520. The molecule has 12 heteroatoms. The molecule has 3 aliphatic heterocycles. The van der Waals surface area contributed by atoms with Gasteiger partial charge in [0.05, 0.1) is 43.2 Å². The number of aliphatic hydroxyl groups excluding tert-OH is 1. The van der Waals surface area contributed by atoms with Gasteiger partial charge >= 0.3 is 5.97 Å². The number of carbonyl (C=O) groups excluding carboxylic acids is 4. The molecule has 3 amide bonds. The minimum Gasteiger partial charge on any atom is -0.455 e. The van der Waals surface area contributed by atoms with Gasteiger partial charge in [0.2, 0.25) is 17.7 Å². The van der Waals surface area contributed by atoms with Gasteiger partial charge in [-0.15, -0.1) is 13.2 Å². The fourth-order valence-electron chi connectivity index (χ4n) is 7.76. The molecule has 2 bridgehead atoms. The Morgan fingerprint density at radius 3 is 2.47 bits per heavy atom. The topological polar surface area (TPSA) is 135 Å². The van der Waals surface area contributed by atoms with Crippen LogP contribution in [0.25, 0.3) is 0 Å². The van der Waals surface area contributed by atoms with Crippen molar-refractivity contribution in [2.45, 2.75) is 100 Å². The molecule has 2 N–H and O–H groups in total. The molecule has 11 nitrogen and oxygen atoms in total. The van der Waals surface area contributed by atoms with Crippen molar-refractivity contribution >= 4 is 39.6 Å². The van der Waals surface area contributed by atoms with E-state index in [0.29, 0.717) is 24.8 Å². The third-order valence-corrected chi connectivity index (χ3v) is 11.2. The molecule has 3 fully saturated rings. The molecule has 1 unspecified atom stereocenters. The number of carbonyl (C=O) groups is 4. The lowest BCUT2D eigenvalue weighted by Gasteiger charge is -2.41. The predicted molar refractivity (Wildman–Crippen MR) is 188 cm³/mol. The van der Waals surface area contributed by atoms with E-state index in [9.17, 15) is 24.3 Å². The molecule has 270 valence electrons. The molecule has 49 heavy (non-hydrogen) atoms. The average Bonchev–Trinajstić information content (AvgIpc) is 3.68. The molecule has 3 heterocycles. The molecule has 4 rings (SSSR count). The summed E-state index contributed by atoms with van der Waals surface area (Å²) in [5, 5.41) is 13.6. The summed E-state index contributed by atoms with van der Waals surface area (Å²) in [6.07, 6.45) is 3.24. The number of hydrogen-bond donors (Lipinski definition) is 2. The Kier molecular flexibility index (Phi) is 13.3. The van der Waals surface area contributed by atoms with Crippen LogP contribution < -0.4 is 5.32 Å². The van der Waals surface area contributed by atoms with Crippen molar-refractivity contribution < 1.29 is 38.5 Å². The number of methoxy groups -OCH3 is 1. The Balaban J connectivity index is 1.78. The molecule has 0 radical (unpaired) electrons. The van der Waals surface area contributed by atoms with Crippen LogP contribution in [-0.2, 0) is 33.4 Å². The number of nitrogens with zero attached hydrogens (tertiary/aromatic N) is 2. The van der Waals surface area contributed by atoms with Gasteiger partial charge in [-0.3, -0.25) is 19.2 Å². The van der Waals surface area contributed by atoms with Gasteiger partial charge in [0.15, 0.2) is 0 Å². The number of nitrogens with one attached hydrogen (secondary N) is 1. The maximum absolute atomic E-state index is 14.8. The van der Waals surface area contributed by atoms with Crippen LogP contribution in [0.5, 0.6) is 0 Å². The molecule has 10 atom stereocenters. The molecule has 0 aromatic heterocycles. The highest BCUT2D eigenvalue weighted by Gasteiger charge is 2.78. The SMILES string of the molecule is C=CCCC(=O)N[C@H](COC)[C@H](OC(=O)[C@H]1[C@@H]2O[C@@]3(CC2Br)[C@@H]1C(=O)N([C@@H](CO)[C@@H](C)CC)[C@@H]3C(=O)N(CC=C)C(C)C)c1ccccc1. The number of aliphatic hydroxyl groups is 1. The van der Waals surface area contributed by atoms with Crippen LogP contribution >= 0.6 is 15.9 Å². The van der Waals surface area contributed by atoms with Crippen LogP contribution in [0.1, 0.15) is 65.0 Å². The first-order valence-corrected chi connectivity index (χ1v) is 18.1. The maximum Gasteiger partial charge on any atom is 0.313 e. The van der Waals surface area contributed by atoms with E-state index in [-0.39, 0.29) is 54.8 Å². The number of halogens is 1. The number of hydrogen-bond acceptors (Lipinski definition) is 8. The number of esters is 1. The monoisotopic (exact) mass is 745 g/mol. The second-order valence-corrected chi connectivity index (χ2v) is 14.8. The van der Waals surface area contributed by atoms with Crippen LogP contribution in [-0.4, -0.2) is 106 Å². The Bertz CT molecular complexity index is 1360. The zero-order valence-electron chi connectivity index (χ0n) is 29.3. The van der Waals surface area contributed by atoms with Gasteiger partial charge in [-0.05, 0) is 38.2 Å². The first-order chi connectivity index (χ1) is 23.4. The van der Waals surface area contributed by atoms with Crippen molar-refractivity contribution in [1.29, 1.82) is 0 Å². The summed E-state index contributed by atoms with van der Waals surface area (Å²) in [7, 11) is 1.50. The minimum atomic E-state index is -1.33. The highest BCUT2D eigenvalue weighted by Crippen LogP contribution is 2.61. The molecule has 0 aliphatic carbocycles. The van der Waals surface area contributed by atoms with Crippen molar-refractivity contribution in [1.82, 2.24) is 15.1 Å². The van der Waals surface area contributed by atoms with E-state index in [4.69, 9.17) is 14.2 Å². The van der Waals surface area contributed by atoms with Gasteiger partial charge in [0.25, 0.3) is 0 Å². The Hall–Kier alpha value is -3.06. The normalized spacial score (nSPS) is 28.0. The van der Waals surface area contributed by atoms with Crippen LogP contribution in [0.2, 0.25) is 0 Å². The summed E-state index contributed by atoms with van der Waals surface area (Å²) in [5.41, 5.74) is -0.698. The zero-order valence-corrected chi connectivity index (χ0v) is 30.8. The summed E-state index contributed by atoms with van der Waals surface area (Å²) in [5.74, 6) is -3.87. The molecule has 3 aliphatic rings. The number of likely N-dealkylation sites (tertiary alicyclic amines) is 1. The Labute approximate surface area is 298 Å². The van der Waals surface area contributed by atoms with Gasteiger partial charge in [-0.25, -0.2) is 0 Å². The number of alkyl halides is 1. The highest BCUT2D eigenvalue weighted by molar-refractivity contribution is 9.09. The van der Waals surface area contributed by atoms with Crippen molar-refractivity contribution in [2.75, 3.05) is 26.9 Å². The summed E-state index contributed by atoms with van der Waals surface area (Å²) in [6, 6.07) is 6.37. The van der Waals surface area contributed by atoms with E-state index in [2.05, 4.69) is 34.4 Å². The molecule has 1 aromatic carbocycles. The van der Waals surface area contributed by atoms with Crippen LogP contribution in [0.3, 0.4) is 0 Å². The molecule has 1 spiro atoms. The smallest absolute Gasteiger partial charge is 0.313 e. The second kappa shape index (κ2) is 16.8. The standard InChI is InChI=1S/C37H52BrN3O8/c1-8-11-17-28(43)39-26(21-47-7)31(24-15-13-12-14-16-24)48-36(46)29-30-34(44)41(27(20-42)23(6)10-3)33(35(45)40(18-9-2)22(4)5)37(30)19-25(38)32(29)49-37/h8-9,12-16,22-23,25-27,29-33,42H,1-2,10-11,17-21H2,3-7H3,(H,39,43)/t23-,25?,26+,27-,29+,30-,31+,32+,33+,37-/m0/s1. The first-order valence-electron chi connectivity index (χ1n) is 17.2. The molecule has 1 aromatic rings. The summed E-state index contributed by atoms with van der Waals surface area (Å²) >= 11 is 3.73. The van der Waals surface area contributed by atoms with Crippen molar-refractivity contribution in [2.24, 2.45) is 17.8 Å². The van der Waals surface area contributed by atoms with Crippen LogP contribution in [0.15, 0.2) is 55.6 Å². The van der Waals surface area contributed by atoms with Gasteiger partial charge in [0.1, 0.15) is 17.7 Å². The lowest BCUT2D eigenvalue weighted by molar-refractivity contribution is -0.163. The fraction of sp³-hybridized carbons (Fsp3) is 0.622. The fourth-order valence-corrected chi connectivity index (χ4v) is 8.71. The second-order valence-electron chi connectivity index (χ2n) is 13.6. The van der Waals surface area contributed by atoms with Gasteiger partial charge < -0.3 is 34.4 Å². The molecule has 0 saturated carbocycles. The third kappa shape index (κ3) is 7.52.